The van der Waals surface area contributed by atoms with Crippen molar-refractivity contribution in [3.05, 3.63) is 121 Å². The molecule has 9 heteroatoms. The molecule has 0 radical (unpaired) electrons. The van der Waals surface area contributed by atoms with Gasteiger partial charge in [-0.2, -0.15) is 0 Å². The van der Waals surface area contributed by atoms with Gasteiger partial charge in [0.05, 0.1) is 22.0 Å². The molecule has 0 saturated carbocycles. The maximum absolute atomic E-state index is 13.4. The lowest BCUT2D eigenvalue weighted by Gasteiger charge is -2.09. The van der Waals surface area contributed by atoms with E-state index in [-0.39, 0.29) is 11.2 Å². The highest BCUT2D eigenvalue weighted by atomic mass is 32.1. The van der Waals surface area contributed by atoms with Crippen molar-refractivity contribution in [3.8, 4) is 22.6 Å². The van der Waals surface area contributed by atoms with Crippen molar-refractivity contribution in [2.45, 2.75) is 6.92 Å². The van der Waals surface area contributed by atoms with E-state index in [1.54, 1.807) is 21.5 Å². The lowest BCUT2D eigenvalue weighted by atomic mass is 10.1. The van der Waals surface area contributed by atoms with Crippen LogP contribution in [-0.4, -0.2) is 18.9 Å². The minimum atomic E-state index is -0.409. The van der Waals surface area contributed by atoms with Crippen LogP contribution in [-0.2, 0) is 7.05 Å². The molecule has 0 aliphatic heterocycles. The highest BCUT2D eigenvalue weighted by Gasteiger charge is 2.18. The first kappa shape index (κ1) is 22.3. The van der Waals surface area contributed by atoms with Crippen molar-refractivity contribution >= 4 is 22.7 Å². The largest absolute Gasteiger partial charge is 0.297 e. The summed E-state index contributed by atoms with van der Waals surface area (Å²) in [5.74, 6) is 0. The number of rotatable bonds is 5. The zero-order chi connectivity index (χ0) is 24.5. The SMILES string of the molecule is Cc1c(N=c2scc(-c3cccc([N+](=O)[O-])c3)n2-c2ccccc2)c(=O)n(-c2ccccc2)n1C. The minimum absolute atomic E-state index is 0.0106. The molecule has 0 bridgehead atoms. The summed E-state index contributed by atoms with van der Waals surface area (Å²) in [5, 5.41) is 13.3. The summed E-state index contributed by atoms with van der Waals surface area (Å²) >= 11 is 1.37. The number of aromatic nitrogens is 3. The van der Waals surface area contributed by atoms with Crippen molar-refractivity contribution in [1.29, 1.82) is 0 Å². The molecule has 174 valence electrons. The van der Waals surface area contributed by atoms with Gasteiger partial charge in [0, 0.05) is 35.8 Å². The summed E-state index contributed by atoms with van der Waals surface area (Å²) in [6.45, 7) is 1.86. The maximum Gasteiger partial charge on any atom is 0.297 e. The average Bonchev–Trinajstić information content (AvgIpc) is 3.40. The Labute approximate surface area is 204 Å². The number of nitro benzene ring substituents is 1. The summed E-state index contributed by atoms with van der Waals surface area (Å²) in [5.41, 5.74) is 3.89. The summed E-state index contributed by atoms with van der Waals surface area (Å²) < 4.78 is 5.30. The van der Waals surface area contributed by atoms with Gasteiger partial charge < -0.3 is 0 Å². The summed E-state index contributed by atoms with van der Waals surface area (Å²) in [6, 6.07) is 25.5. The molecule has 0 spiro atoms. The molecule has 0 N–H and O–H groups in total. The van der Waals surface area contributed by atoms with E-state index in [4.69, 9.17) is 4.99 Å². The van der Waals surface area contributed by atoms with Gasteiger partial charge in [0.25, 0.3) is 11.2 Å². The van der Waals surface area contributed by atoms with Crippen molar-refractivity contribution in [2.75, 3.05) is 0 Å². The molecule has 5 rings (SSSR count). The van der Waals surface area contributed by atoms with Crippen LogP contribution in [0.3, 0.4) is 0 Å². The third-order valence-electron chi connectivity index (χ3n) is 5.81. The van der Waals surface area contributed by atoms with E-state index in [9.17, 15) is 14.9 Å². The molecule has 2 aromatic heterocycles. The zero-order valence-corrected chi connectivity index (χ0v) is 19.8. The van der Waals surface area contributed by atoms with Crippen molar-refractivity contribution in [1.82, 2.24) is 13.9 Å². The molecule has 0 fully saturated rings. The van der Waals surface area contributed by atoms with Crippen LogP contribution in [0.5, 0.6) is 0 Å². The molecule has 8 nitrogen and oxygen atoms in total. The van der Waals surface area contributed by atoms with Crippen molar-refractivity contribution < 1.29 is 4.92 Å². The first-order valence-corrected chi connectivity index (χ1v) is 11.7. The first-order valence-electron chi connectivity index (χ1n) is 10.9. The van der Waals surface area contributed by atoms with Crippen LogP contribution in [0.15, 0.2) is 100 Å². The molecule has 0 saturated heterocycles. The number of hydrogen-bond acceptors (Lipinski definition) is 5. The van der Waals surface area contributed by atoms with Crippen LogP contribution in [0.25, 0.3) is 22.6 Å². The Kier molecular flexibility index (Phi) is 5.76. The Balaban J connectivity index is 1.76. The van der Waals surface area contributed by atoms with E-state index in [0.29, 0.717) is 16.1 Å². The van der Waals surface area contributed by atoms with Crippen LogP contribution in [0.1, 0.15) is 5.69 Å². The number of hydrogen-bond donors (Lipinski definition) is 0. The third-order valence-corrected chi connectivity index (χ3v) is 6.63. The molecule has 5 aromatic rings. The maximum atomic E-state index is 13.4. The molecule has 35 heavy (non-hydrogen) atoms. The number of thiazole rings is 1. The zero-order valence-electron chi connectivity index (χ0n) is 19.0. The monoisotopic (exact) mass is 483 g/mol. The summed E-state index contributed by atoms with van der Waals surface area (Å²) in [7, 11) is 1.83. The normalized spacial score (nSPS) is 11.7. The molecule has 0 aliphatic carbocycles. The summed E-state index contributed by atoms with van der Waals surface area (Å²) in [6.07, 6.45) is 0. The second-order valence-corrected chi connectivity index (χ2v) is 8.74. The fraction of sp³-hybridized carbons (Fsp3) is 0.0769. The van der Waals surface area contributed by atoms with Crippen LogP contribution in [0, 0.1) is 17.0 Å². The third kappa shape index (κ3) is 4.02. The standard InChI is InChI=1S/C26H21N5O3S/c1-18-24(25(32)30(28(18)2)21-13-7-4-8-14-21)27-26-29(20-11-5-3-6-12-20)23(17-35-26)19-10-9-15-22(16-19)31(33)34/h3-17H,1-2H3. The minimum Gasteiger partial charge on any atom is -0.285 e. The fourth-order valence-corrected chi connectivity index (χ4v) is 4.89. The fourth-order valence-electron chi connectivity index (χ4n) is 3.97. The van der Waals surface area contributed by atoms with Gasteiger partial charge in [-0.25, -0.2) is 9.67 Å². The number of non-ortho nitro benzene ring substituents is 1. The van der Waals surface area contributed by atoms with E-state index in [2.05, 4.69) is 0 Å². The van der Waals surface area contributed by atoms with Gasteiger partial charge in [-0.3, -0.25) is 24.2 Å². The lowest BCUT2D eigenvalue weighted by molar-refractivity contribution is -0.384. The molecule has 0 unspecified atom stereocenters. The molecule has 0 amide bonds. The van der Waals surface area contributed by atoms with Gasteiger partial charge in [0.1, 0.15) is 0 Å². The van der Waals surface area contributed by atoms with Crippen molar-refractivity contribution in [3.63, 3.8) is 0 Å². The lowest BCUT2D eigenvalue weighted by Crippen LogP contribution is -2.20. The van der Waals surface area contributed by atoms with Gasteiger partial charge >= 0.3 is 0 Å². The topological polar surface area (TPSA) is 87.4 Å². The van der Waals surface area contributed by atoms with Crippen molar-refractivity contribution in [2.24, 2.45) is 12.0 Å². The van der Waals surface area contributed by atoms with Gasteiger partial charge in [0.2, 0.25) is 0 Å². The van der Waals surface area contributed by atoms with Crippen LogP contribution < -0.4 is 10.4 Å². The average molecular weight is 484 g/mol. The number of para-hydroxylation sites is 2. The van der Waals surface area contributed by atoms with Gasteiger partial charge in [-0.1, -0.05) is 48.5 Å². The first-order chi connectivity index (χ1) is 17.0. The van der Waals surface area contributed by atoms with E-state index < -0.39 is 4.92 Å². The molecule has 3 aromatic carbocycles. The molecular formula is C26H21N5O3S. The predicted molar refractivity (Wildman–Crippen MR) is 137 cm³/mol. The second-order valence-electron chi connectivity index (χ2n) is 7.90. The Bertz CT molecular complexity index is 1660. The van der Waals surface area contributed by atoms with Gasteiger partial charge in [-0.05, 0) is 31.2 Å². The number of nitro groups is 1. The van der Waals surface area contributed by atoms with E-state index >= 15 is 0 Å². The van der Waals surface area contributed by atoms with Gasteiger partial charge in [0.15, 0.2) is 10.5 Å². The molecule has 0 atom stereocenters. The Hall–Kier alpha value is -4.50. The smallest absolute Gasteiger partial charge is 0.285 e. The van der Waals surface area contributed by atoms with E-state index in [1.165, 1.54) is 17.4 Å². The highest BCUT2D eigenvalue weighted by Crippen LogP contribution is 2.27. The Morgan fingerprint density at radius 2 is 1.57 bits per heavy atom. The molecule has 0 aliphatic rings. The Morgan fingerprint density at radius 3 is 2.23 bits per heavy atom. The van der Waals surface area contributed by atoms with Gasteiger partial charge in [-0.15, -0.1) is 11.3 Å². The van der Waals surface area contributed by atoms with Crippen LogP contribution in [0.2, 0.25) is 0 Å². The highest BCUT2D eigenvalue weighted by molar-refractivity contribution is 7.07. The quantitative estimate of drug-likeness (QED) is 0.256. The Morgan fingerprint density at radius 1 is 0.914 bits per heavy atom. The van der Waals surface area contributed by atoms with Crippen LogP contribution >= 0.6 is 11.3 Å². The predicted octanol–water partition coefficient (Wildman–Crippen LogP) is 5.14. The number of benzene rings is 3. The number of nitrogens with zero attached hydrogens (tertiary/aromatic N) is 5. The van der Waals surface area contributed by atoms with E-state index in [0.717, 1.165) is 22.8 Å². The van der Waals surface area contributed by atoms with E-state index in [1.807, 2.05) is 90.6 Å². The van der Waals surface area contributed by atoms with Crippen LogP contribution in [0.4, 0.5) is 11.4 Å². The molecular weight excluding hydrogens is 462 g/mol. The molecule has 2 heterocycles. The summed E-state index contributed by atoms with van der Waals surface area (Å²) in [4.78, 5) is 29.8. The second kappa shape index (κ2) is 9.03.